The molecule has 0 bridgehead atoms. The predicted octanol–water partition coefficient (Wildman–Crippen LogP) is 3.21. The molecular formula is C13H18BrFN2O. The summed E-state index contributed by atoms with van der Waals surface area (Å²) in [5.41, 5.74) is 7.08. The van der Waals surface area contributed by atoms with Crippen LogP contribution in [0.4, 0.5) is 10.1 Å². The van der Waals surface area contributed by atoms with Crippen LogP contribution in [0.2, 0.25) is 0 Å². The molecule has 0 fully saturated rings. The molecule has 0 radical (unpaired) electrons. The average molecular weight is 317 g/mol. The maximum absolute atomic E-state index is 13.3. The highest BCUT2D eigenvalue weighted by Crippen LogP contribution is 2.24. The number of amides is 1. The number of carbonyl (C=O) groups excluding carboxylic acids is 1. The van der Waals surface area contributed by atoms with Crippen molar-refractivity contribution in [2.75, 3.05) is 5.32 Å². The average Bonchev–Trinajstić information content (AvgIpc) is 2.33. The third kappa shape index (κ3) is 3.53. The minimum absolute atomic E-state index is 0.106. The van der Waals surface area contributed by atoms with E-state index in [0.717, 1.165) is 6.42 Å². The predicted molar refractivity (Wildman–Crippen MR) is 74.9 cm³/mol. The fraction of sp³-hybridized carbons (Fsp3) is 0.462. The minimum Gasteiger partial charge on any atom is -0.324 e. The summed E-state index contributed by atoms with van der Waals surface area (Å²) in [6.07, 6.45) is 0.834. The Labute approximate surface area is 115 Å². The third-order valence-corrected chi connectivity index (χ3v) is 3.69. The molecular weight excluding hydrogens is 299 g/mol. The lowest BCUT2D eigenvalue weighted by atomic mass is 9.99. The largest absolute Gasteiger partial charge is 0.324 e. The second-order valence-corrected chi connectivity index (χ2v) is 5.34. The molecule has 0 aliphatic rings. The quantitative estimate of drug-likeness (QED) is 0.896. The minimum atomic E-state index is -0.557. The van der Waals surface area contributed by atoms with Gasteiger partial charge in [-0.2, -0.15) is 0 Å². The highest BCUT2D eigenvalue weighted by Gasteiger charge is 2.20. The first-order chi connectivity index (χ1) is 8.36. The first-order valence-electron chi connectivity index (χ1n) is 5.88. The summed E-state index contributed by atoms with van der Waals surface area (Å²) >= 11 is 3.09. The zero-order chi connectivity index (χ0) is 13.9. The number of nitrogens with one attached hydrogen (secondary N) is 1. The van der Waals surface area contributed by atoms with E-state index in [1.54, 1.807) is 13.0 Å². The molecule has 3 nitrogen and oxygen atoms in total. The molecule has 0 aliphatic carbocycles. The van der Waals surface area contributed by atoms with Crippen LogP contribution in [0, 0.1) is 18.7 Å². The van der Waals surface area contributed by atoms with Crippen molar-refractivity contribution in [3.63, 3.8) is 0 Å². The van der Waals surface area contributed by atoms with Crippen molar-refractivity contribution < 1.29 is 9.18 Å². The van der Waals surface area contributed by atoms with Crippen molar-refractivity contribution in [3.8, 4) is 0 Å². The molecule has 1 aromatic carbocycles. The Morgan fingerprint density at radius 2 is 2.17 bits per heavy atom. The number of benzene rings is 1. The maximum atomic E-state index is 13.3. The topological polar surface area (TPSA) is 55.1 Å². The van der Waals surface area contributed by atoms with Gasteiger partial charge in [-0.05, 0) is 46.5 Å². The van der Waals surface area contributed by atoms with E-state index in [1.165, 1.54) is 6.07 Å². The lowest BCUT2D eigenvalue weighted by Crippen LogP contribution is -2.40. The summed E-state index contributed by atoms with van der Waals surface area (Å²) in [5.74, 6) is -0.489. The van der Waals surface area contributed by atoms with Gasteiger partial charge in [0, 0.05) is 5.69 Å². The van der Waals surface area contributed by atoms with Crippen LogP contribution in [0.3, 0.4) is 0 Å². The van der Waals surface area contributed by atoms with Crippen molar-refractivity contribution >= 4 is 27.5 Å². The summed E-state index contributed by atoms with van der Waals surface area (Å²) in [6, 6.07) is 2.36. The lowest BCUT2D eigenvalue weighted by Gasteiger charge is -2.18. The van der Waals surface area contributed by atoms with E-state index in [1.807, 2.05) is 13.8 Å². The second-order valence-electron chi connectivity index (χ2n) is 4.48. The number of hydrogen-bond acceptors (Lipinski definition) is 2. The van der Waals surface area contributed by atoms with Gasteiger partial charge in [0.25, 0.3) is 0 Å². The smallest absolute Gasteiger partial charge is 0.241 e. The van der Waals surface area contributed by atoms with Gasteiger partial charge in [-0.3, -0.25) is 4.79 Å². The number of nitrogens with two attached hydrogens (primary N) is 1. The van der Waals surface area contributed by atoms with Gasteiger partial charge >= 0.3 is 0 Å². The van der Waals surface area contributed by atoms with Gasteiger partial charge in [-0.1, -0.05) is 20.3 Å². The van der Waals surface area contributed by atoms with Gasteiger partial charge in [0.1, 0.15) is 5.82 Å². The molecule has 3 N–H and O–H groups in total. The Balaban J connectivity index is 2.85. The van der Waals surface area contributed by atoms with Crippen LogP contribution in [0.5, 0.6) is 0 Å². The van der Waals surface area contributed by atoms with Crippen LogP contribution < -0.4 is 11.1 Å². The van der Waals surface area contributed by atoms with Gasteiger partial charge in [-0.25, -0.2) is 4.39 Å². The Kier molecular flexibility index (Phi) is 5.28. The number of rotatable bonds is 4. The van der Waals surface area contributed by atoms with Gasteiger partial charge in [0.2, 0.25) is 5.91 Å². The van der Waals surface area contributed by atoms with E-state index >= 15 is 0 Å². The Hall–Kier alpha value is -0.940. The van der Waals surface area contributed by atoms with Crippen LogP contribution in [0.1, 0.15) is 25.8 Å². The fourth-order valence-electron chi connectivity index (χ4n) is 1.51. The lowest BCUT2D eigenvalue weighted by molar-refractivity contribution is -0.118. The molecule has 0 unspecified atom stereocenters. The highest BCUT2D eigenvalue weighted by molar-refractivity contribution is 9.10. The van der Waals surface area contributed by atoms with Gasteiger partial charge in [0.05, 0.1) is 10.5 Å². The van der Waals surface area contributed by atoms with Gasteiger partial charge in [-0.15, -0.1) is 0 Å². The van der Waals surface area contributed by atoms with Crippen LogP contribution in [-0.4, -0.2) is 11.9 Å². The summed E-state index contributed by atoms with van der Waals surface area (Å²) in [5, 5.41) is 2.73. The van der Waals surface area contributed by atoms with Crippen molar-refractivity contribution in [2.45, 2.75) is 33.2 Å². The van der Waals surface area contributed by atoms with E-state index in [-0.39, 0.29) is 17.6 Å². The first kappa shape index (κ1) is 15.1. The molecule has 2 atom stereocenters. The SMILES string of the molecule is CC[C@H](C)[C@H](N)C(=O)Nc1cc(Br)c(F)cc1C. The van der Waals surface area contributed by atoms with E-state index in [9.17, 15) is 9.18 Å². The van der Waals surface area contributed by atoms with Crippen LogP contribution in [0.15, 0.2) is 16.6 Å². The van der Waals surface area contributed by atoms with E-state index in [4.69, 9.17) is 5.73 Å². The molecule has 5 heteroatoms. The van der Waals surface area contributed by atoms with Crippen LogP contribution >= 0.6 is 15.9 Å². The first-order valence-corrected chi connectivity index (χ1v) is 6.68. The number of anilines is 1. The zero-order valence-electron chi connectivity index (χ0n) is 10.8. The van der Waals surface area contributed by atoms with Crippen LogP contribution in [-0.2, 0) is 4.79 Å². The molecule has 1 amide bonds. The fourth-order valence-corrected chi connectivity index (χ4v) is 1.85. The number of aryl methyl sites for hydroxylation is 1. The van der Waals surface area contributed by atoms with Crippen molar-refractivity contribution in [1.82, 2.24) is 0 Å². The Morgan fingerprint density at radius 1 is 1.56 bits per heavy atom. The van der Waals surface area contributed by atoms with Crippen molar-refractivity contribution in [1.29, 1.82) is 0 Å². The molecule has 0 aliphatic heterocycles. The van der Waals surface area contributed by atoms with E-state index in [2.05, 4.69) is 21.2 Å². The third-order valence-electron chi connectivity index (χ3n) is 3.08. The molecule has 0 saturated heterocycles. The molecule has 100 valence electrons. The number of carbonyl (C=O) groups is 1. The standard InChI is InChI=1S/C13H18BrFN2O/c1-4-7(2)12(16)13(18)17-11-6-9(14)10(15)5-8(11)3/h5-7,12H,4,16H2,1-3H3,(H,17,18)/t7-,12-/m0/s1. The van der Waals surface area contributed by atoms with Gasteiger partial charge < -0.3 is 11.1 Å². The second kappa shape index (κ2) is 6.29. The van der Waals surface area contributed by atoms with E-state index in [0.29, 0.717) is 15.7 Å². The van der Waals surface area contributed by atoms with E-state index < -0.39 is 6.04 Å². The van der Waals surface area contributed by atoms with Crippen molar-refractivity contribution in [3.05, 3.63) is 28.0 Å². The molecule has 0 heterocycles. The molecule has 1 aromatic rings. The number of halogens is 2. The Bertz CT molecular complexity index is 451. The van der Waals surface area contributed by atoms with Crippen molar-refractivity contribution in [2.24, 2.45) is 11.7 Å². The maximum Gasteiger partial charge on any atom is 0.241 e. The van der Waals surface area contributed by atoms with Crippen LogP contribution in [0.25, 0.3) is 0 Å². The summed E-state index contributed by atoms with van der Waals surface area (Å²) in [7, 11) is 0. The highest BCUT2D eigenvalue weighted by atomic mass is 79.9. The summed E-state index contributed by atoms with van der Waals surface area (Å²) in [4.78, 5) is 11.9. The Morgan fingerprint density at radius 3 is 2.72 bits per heavy atom. The molecule has 0 saturated carbocycles. The normalized spacial score (nSPS) is 14.1. The number of hydrogen-bond donors (Lipinski definition) is 2. The molecule has 18 heavy (non-hydrogen) atoms. The molecule has 0 spiro atoms. The zero-order valence-corrected chi connectivity index (χ0v) is 12.3. The van der Waals surface area contributed by atoms with Gasteiger partial charge in [0.15, 0.2) is 0 Å². The molecule has 0 aromatic heterocycles. The summed E-state index contributed by atoms with van der Waals surface area (Å²) < 4.78 is 13.6. The summed E-state index contributed by atoms with van der Waals surface area (Å²) in [6.45, 7) is 5.65. The molecule has 1 rings (SSSR count). The monoisotopic (exact) mass is 316 g/mol.